The van der Waals surface area contributed by atoms with Crippen molar-refractivity contribution < 1.29 is 19.4 Å². The third kappa shape index (κ3) is 4.23. The van der Waals surface area contributed by atoms with E-state index in [9.17, 15) is 4.79 Å². The zero-order chi connectivity index (χ0) is 21.7. The average Bonchev–Trinajstić information content (AvgIpc) is 3.37. The summed E-state index contributed by atoms with van der Waals surface area (Å²) in [5.41, 5.74) is 2.45. The second-order valence-corrected chi connectivity index (χ2v) is 8.26. The standard InChI is InChI=1S/C21H26ClN3O2.CH2O2/c1-3-27-20(26)21(11-15-7-5-4-6-8-15)12-16-9-10-18(21)25(16)13-17-19(22)14(2)23-24-17;2-1-3/h4-8,16,18H,3,9-13H2,1-2H3,(H,23,24);1H,(H,2,3)/t16-,18+,21+;/m0./s1. The molecule has 3 heterocycles. The Morgan fingerprint density at radius 2 is 2.10 bits per heavy atom. The molecule has 0 radical (unpaired) electrons. The first-order valence-electron chi connectivity index (χ1n) is 10.2. The number of fused-ring (bicyclic) bond motifs is 2. The van der Waals surface area contributed by atoms with Crippen LogP contribution in [-0.4, -0.2) is 51.3 Å². The molecular weight excluding hydrogens is 406 g/mol. The van der Waals surface area contributed by atoms with E-state index in [0.717, 1.165) is 37.1 Å². The number of hydrogen-bond acceptors (Lipinski definition) is 5. The smallest absolute Gasteiger partial charge is 0.314 e. The number of carbonyl (C=O) groups excluding carboxylic acids is 1. The number of nitrogens with one attached hydrogen (secondary N) is 1. The lowest BCUT2D eigenvalue weighted by Crippen LogP contribution is -2.46. The van der Waals surface area contributed by atoms with Gasteiger partial charge in [-0.2, -0.15) is 5.10 Å². The van der Waals surface area contributed by atoms with Crippen molar-refractivity contribution >= 4 is 24.0 Å². The highest BCUT2D eigenvalue weighted by Crippen LogP contribution is 2.53. The molecule has 162 valence electrons. The van der Waals surface area contributed by atoms with E-state index < -0.39 is 5.41 Å². The van der Waals surface area contributed by atoms with E-state index in [1.165, 1.54) is 5.56 Å². The van der Waals surface area contributed by atoms with Gasteiger partial charge < -0.3 is 9.84 Å². The number of carboxylic acid groups (broad SMARTS) is 1. The topological polar surface area (TPSA) is 95.5 Å². The van der Waals surface area contributed by atoms with E-state index in [0.29, 0.717) is 24.2 Å². The Hall–Kier alpha value is -2.38. The normalized spacial score (nSPS) is 24.9. The molecule has 0 saturated carbocycles. The first-order valence-corrected chi connectivity index (χ1v) is 10.6. The number of benzene rings is 1. The highest BCUT2D eigenvalue weighted by Gasteiger charge is 2.60. The van der Waals surface area contributed by atoms with Crippen LogP contribution in [0.25, 0.3) is 0 Å². The summed E-state index contributed by atoms with van der Waals surface area (Å²) in [5.74, 6) is -0.0599. The number of esters is 1. The highest BCUT2D eigenvalue weighted by atomic mass is 35.5. The summed E-state index contributed by atoms with van der Waals surface area (Å²) in [7, 11) is 0. The summed E-state index contributed by atoms with van der Waals surface area (Å²) in [6.45, 7) is 4.65. The minimum Gasteiger partial charge on any atom is -0.483 e. The van der Waals surface area contributed by atoms with Crippen molar-refractivity contribution in [1.29, 1.82) is 0 Å². The summed E-state index contributed by atoms with van der Waals surface area (Å²) >= 11 is 6.40. The predicted octanol–water partition coefficient (Wildman–Crippen LogP) is 3.60. The molecular formula is C22H28ClN3O4. The fourth-order valence-corrected chi connectivity index (χ4v) is 5.15. The molecule has 4 rings (SSSR count). The van der Waals surface area contributed by atoms with Crippen LogP contribution in [0.5, 0.6) is 0 Å². The van der Waals surface area contributed by atoms with Crippen LogP contribution in [0.3, 0.4) is 0 Å². The molecule has 30 heavy (non-hydrogen) atoms. The van der Waals surface area contributed by atoms with Crippen LogP contribution in [-0.2, 0) is 27.3 Å². The Morgan fingerprint density at radius 3 is 2.70 bits per heavy atom. The molecule has 2 aromatic rings. The third-order valence-corrected chi connectivity index (χ3v) is 6.70. The van der Waals surface area contributed by atoms with Gasteiger partial charge in [0.05, 0.1) is 28.4 Å². The van der Waals surface area contributed by atoms with Gasteiger partial charge in [0.15, 0.2) is 0 Å². The lowest BCUT2D eigenvalue weighted by Gasteiger charge is -2.35. The SMILES string of the molecule is CCOC(=O)[C@]1(Cc2ccccc2)C[C@@H]2CC[C@H]1N2Cc1n[nH]c(C)c1Cl.O=CO. The van der Waals surface area contributed by atoms with Gasteiger partial charge in [0.1, 0.15) is 0 Å². The number of aromatic amines is 1. The molecule has 2 bridgehead atoms. The first-order chi connectivity index (χ1) is 14.5. The quantitative estimate of drug-likeness (QED) is 0.533. The Morgan fingerprint density at radius 1 is 1.40 bits per heavy atom. The van der Waals surface area contributed by atoms with Gasteiger partial charge in [0.2, 0.25) is 0 Å². The summed E-state index contributed by atoms with van der Waals surface area (Å²) < 4.78 is 5.57. The molecule has 2 aliphatic rings. The van der Waals surface area contributed by atoms with Crippen molar-refractivity contribution in [3.63, 3.8) is 0 Å². The number of ether oxygens (including phenoxy) is 1. The van der Waals surface area contributed by atoms with Gasteiger partial charge in [0.25, 0.3) is 6.47 Å². The van der Waals surface area contributed by atoms with Crippen molar-refractivity contribution in [3.05, 3.63) is 52.3 Å². The van der Waals surface area contributed by atoms with Crippen LogP contribution in [0.15, 0.2) is 30.3 Å². The number of rotatable bonds is 6. The summed E-state index contributed by atoms with van der Waals surface area (Å²) in [4.78, 5) is 23.9. The maximum absolute atomic E-state index is 13.1. The molecule has 2 saturated heterocycles. The van der Waals surface area contributed by atoms with Crippen LogP contribution in [0.2, 0.25) is 5.02 Å². The van der Waals surface area contributed by atoms with E-state index in [-0.39, 0.29) is 18.5 Å². The van der Waals surface area contributed by atoms with Gasteiger partial charge in [-0.15, -0.1) is 0 Å². The monoisotopic (exact) mass is 433 g/mol. The maximum Gasteiger partial charge on any atom is 0.314 e. The van der Waals surface area contributed by atoms with Gasteiger partial charge in [-0.25, -0.2) is 0 Å². The number of aryl methyl sites for hydroxylation is 1. The first kappa shape index (κ1) is 22.3. The van der Waals surface area contributed by atoms with Crippen molar-refractivity contribution in [1.82, 2.24) is 15.1 Å². The lowest BCUT2D eigenvalue weighted by molar-refractivity contribution is -0.157. The predicted molar refractivity (Wildman–Crippen MR) is 113 cm³/mol. The second kappa shape index (κ2) is 9.62. The molecule has 2 N–H and O–H groups in total. The van der Waals surface area contributed by atoms with Crippen LogP contribution >= 0.6 is 11.6 Å². The van der Waals surface area contributed by atoms with Crippen LogP contribution in [0.4, 0.5) is 0 Å². The molecule has 0 spiro atoms. The minimum absolute atomic E-state index is 0.0599. The minimum atomic E-state index is -0.488. The fraction of sp³-hybridized carbons (Fsp3) is 0.500. The van der Waals surface area contributed by atoms with Crippen LogP contribution in [0, 0.1) is 12.3 Å². The molecule has 1 aromatic heterocycles. The number of hydrogen-bond donors (Lipinski definition) is 2. The van der Waals surface area contributed by atoms with Gasteiger partial charge in [-0.1, -0.05) is 41.9 Å². The van der Waals surface area contributed by atoms with E-state index >= 15 is 0 Å². The highest BCUT2D eigenvalue weighted by molar-refractivity contribution is 6.31. The number of halogens is 1. The molecule has 0 aliphatic carbocycles. The zero-order valence-electron chi connectivity index (χ0n) is 17.3. The van der Waals surface area contributed by atoms with Gasteiger partial charge in [-0.3, -0.25) is 19.6 Å². The number of aromatic nitrogens is 2. The van der Waals surface area contributed by atoms with Crippen molar-refractivity contribution in [2.45, 2.75) is 58.2 Å². The van der Waals surface area contributed by atoms with Gasteiger partial charge >= 0.3 is 5.97 Å². The number of nitrogens with zero attached hydrogens (tertiary/aromatic N) is 2. The summed E-state index contributed by atoms with van der Waals surface area (Å²) in [6.07, 6.45) is 3.68. The Labute approximate surface area is 181 Å². The van der Waals surface area contributed by atoms with E-state index in [2.05, 4.69) is 27.2 Å². The van der Waals surface area contributed by atoms with E-state index in [4.69, 9.17) is 26.2 Å². The van der Waals surface area contributed by atoms with E-state index in [1.54, 1.807) is 0 Å². The van der Waals surface area contributed by atoms with Gasteiger partial charge in [0, 0.05) is 18.6 Å². The molecule has 0 unspecified atom stereocenters. The van der Waals surface area contributed by atoms with Crippen LogP contribution in [0.1, 0.15) is 43.1 Å². The largest absolute Gasteiger partial charge is 0.483 e. The van der Waals surface area contributed by atoms with E-state index in [1.807, 2.05) is 32.0 Å². The van der Waals surface area contributed by atoms with Crippen molar-refractivity contribution in [2.75, 3.05) is 6.61 Å². The van der Waals surface area contributed by atoms with Gasteiger partial charge in [-0.05, 0) is 45.1 Å². The average molecular weight is 434 g/mol. The van der Waals surface area contributed by atoms with Crippen molar-refractivity contribution in [2.24, 2.45) is 5.41 Å². The number of carbonyl (C=O) groups is 2. The Kier molecular flexibility index (Phi) is 7.15. The summed E-state index contributed by atoms with van der Waals surface area (Å²) in [5, 5.41) is 14.9. The molecule has 2 aliphatic heterocycles. The molecule has 3 atom stereocenters. The molecule has 0 amide bonds. The zero-order valence-corrected chi connectivity index (χ0v) is 18.1. The summed E-state index contributed by atoms with van der Waals surface area (Å²) in [6, 6.07) is 10.8. The Balaban J connectivity index is 0.000000806. The molecule has 8 heteroatoms. The second-order valence-electron chi connectivity index (χ2n) is 7.88. The molecule has 7 nitrogen and oxygen atoms in total. The fourth-order valence-electron chi connectivity index (χ4n) is 5.01. The van der Waals surface area contributed by atoms with Crippen molar-refractivity contribution in [3.8, 4) is 0 Å². The third-order valence-electron chi connectivity index (χ3n) is 6.20. The number of H-pyrrole nitrogens is 1. The molecule has 1 aromatic carbocycles. The maximum atomic E-state index is 13.1. The Bertz CT molecular complexity index is 873. The lowest BCUT2D eigenvalue weighted by atomic mass is 9.70. The van der Waals surface area contributed by atoms with Crippen LogP contribution < -0.4 is 0 Å². The molecule has 2 fully saturated rings.